The zero-order valence-corrected chi connectivity index (χ0v) is 31.6. The number of ketones is 1. The van der Waals surface area contributed by atoms with Crippen LogP contribution in [0.2, 0.25) is 18.1 Å². The summed E-state index contributed by atoms with van der Waals surface area (Å²) in [4.78, 5) is 29.8. The summed E-state index contributed by atoms with van der Waals surface area (Å²) in [5.74, 6) is -0.681. The third kappa shape index (κ3) is 12.8. The van der Waals surface area contributed by atoms with Crippen molar-refractivity contribution < 1.29 is 19.1 Å². The van der Waals surface area contributed by atoms with Crippen LogP contribution < -0.4 is 0 Å². The van der Waals surface area contributed by atoms with Gasteiger partial charge in [-0.15, -0.1) is 23.1 Å². The molecule has 0 aromatic carbocycles. The second kappa shape index (κ2) is 16.4. The number of aryl methyl sites for hydroxylation is 1. The first-order chi connectivity index (χ1) is 18.7. The largest absolute Gasteiger partial charge is 0.480 e. The Labute approximate surface area is 267 Å². The van der Waals surface area contributed by atoms with Gasteiger partial charge in [0.2, 0.25) is 0 Å². The van der Waals surface area contributed by atoms with Crippen molar-refractivity contribution in [2.45, 2.75) is 128 Å². The van der Waals surface area contributed by atoms with Gasteiger partial charge >= 0.3 is 5.97 Å². The summed E-state index contributed by atoms with van der Waals surface area (Å²) in [6.07, 6.45) is 7.94. The lowest BCUT2D eigenvalue weighted by Gasteiger charge is -2.37. The van der Waals surface area contributed by atoms with Gasteiger partial charge in [0, 0.05) is 17.9 Å². The molecule has 0 saturated carbocycles. The van der Waals surface area contributed by atoms with E-state index in [4.69, 9.17) is 4.43 Å². The third-order valence-corrected chi connectivity index (χ3v) is 15.4. The highest BCUT2D eigenvalue weighted by Crippen LogP contribution is 2.40. The van der Waals surface area contributed by atoms with E-state index in [2.05, 4.69) is 74.7 Å². The van der Waals surface area contributed by atoms with Crippen molar-refractivity contribution in [3.63, 3.8) is 0 Å². The molecule has 1 aromatic heterocycles. The molecular weight excluding hydrogens is 634 g/mol. The molecule has 1 aromatic rings. The smallest absolute Gasteiger partial charge is 0.317 e. The molecule has 0 amide bonds. The van der Waals surface area contributed by atoms with Crippen LogP contribution >= 0.6 is 39.0 Å². The van der Waals surface area contributed by atoms with Gasteiger partial charge in [0.05, 0.1) is 20.3 Å². The standard InChI is InChI=1S/C32H54BrNO4S2Si/c1-21(14-13-15-22(2)19-38-41(11,12)31(6,7)8)16-17-27(23(3)18-26-20-39-25(5)34-26)28(30(36)37)40-32(9,10)29(35)24(4)33/h16,18,20,22,24,27-28H,13-15,17,19H2,1-12H3,(H,36,37)/t22-,24?,27-,28?/m0/s1. The van der Waals surface area contributed by atoms with E-state index in [1.165, 1.54) is 17.3 Å². The predicted molar refractivity (Wildman–Crippen MR) is 185 cm³/mol. The number of Topliss-reactive ketones (excluding diaryl/α,β-unsaturated/α-hetero) is 1. The third-order valence-electron chi connectivity index (χ3n) is 8.11. The normalized spacial score (nSPS) is 16.8. The van der Waals surface area contributed by atoms with Crippen LogP contribution in [0, 0.1) is 18.8 Å². The summed E-state index contributed by atoms with van der Waals surface area (Å²) in [6, 6.07) is 0. The number of carbonyl (C=O) groups is 2. The van der Waals surface area contributed by atoms with E-state index in [0.29, 0.717) is 12.3 Å². The van der Waals surface area contributed by atoms with Gasteiger partial charge < -0.3 is 9.53 Å². The van der Waals surface area contributed by atoms with Crippen LogP contribution in [0.1, 0.15) is 98.7 Å². The molecule has 0 fully saturated rings. The summed E-state index contributed by atoms with van der Waals surface area (Å²) in [7, 11) is -1.74. The van der Waals surface area contributed by atoms with Crippen molar-refractivity contribution in [1.29, 1.82) is 0 Å². The Morgan fingerprint density at radius 1 is 1.20 bits per heavy atom. The second-order valence-electron chi connectivity index (χ2n) is 13.5. The van der Waals surface area contributed by atoms with Gasteiger partial charge in [-0.2, -0.15) is 0 Å². The Morgan fingerprint density at radius 3 is 2.29 bits per heavy atom. The molecule has 234 valence electrons. The zero-order chi connectivity index (χ0) is 31.8. The minimum Gasteiger partial charge on any atom is -0.480 e. The number of thiazole rings is 1. The molecular formula is C32H54BrNO4S2Si. The van der Waals surface area contributed by atoms with E-state index >= 15 is 0 Å². The fourth-order valence-electron chi connectivity index (χ4n) is 4.30. The molecule has 0 radical (unpaired) electrons. The number of nitrogens with zero attached hydrogens (tertiary/aromatic N) is 1. The number of rotatable bonds is 17. The molecule has 5 nitrogen and oxygen atoms in total. The number of halogens is 1. The monoisotopic (exact) mass is 687 g/mol. The van der Waals surface area contributed by atoms with Gasteiger partial charge in [0.25, 0.3) is 0 Å². The van der Waals surface area contributed by atoms with Crippen LogP contribution in [0.15, 0.2) is 22.6 Å². The first kappa shape index (κ1) is 38.3. The molecule has 0 aliphatic heterocycles. The molecule has 0 aliphatic rings. The molecule has 0 aliphatic carbocycles. The molecule has 0 saturated heterocycles. The fraction of sp³-hybridized carbons (Fsp3) is 0.719. The Hall–Kier alpha value is -0.743. The maximum atomic E-state index is 12.9. The summed E-state index contributed by atoms with van der Waals surface area (Å²) in [6.45, 7) is 26.0. The second-order valence-corrected chi connectivity index (χ2v) is 22.5. The number of aliphatic carboxylic acids is 1. The average molecular weight is 689 g/mol. The van der Waals surface area contributed by atoms with Crippen LogP contribution in [0.4, 0.5) is 0 Å². The first-order valence-corrected chi connectivity index (χ1v) is 20.2. The van der Waals surface area contributed by atoms with Gasteiger partial charge in [-0.3, -0.25) is 9.59 Å². The lowest BCUT2D eigenvalue weighted by Crippen LogP contribution is -2.41. The van der Waals surface area contributed by atoms with Crippen molar-refractivity contribution in [3.05, 3.63) is 33.3 Å². The molecule has 1 N–H and O–H groups in total. The van der Waals surface area contributed by atoms with Crippen molar-refractivity contribution in [1.82, 2.24) is 4.98 Å². The van der Waals surface area contributed by atoms with Gasteiger partial charge in [-0.1, -0.05) is 60.8 Å². The maximum Gasteiger partial charge on any atom is 0.317 e. The Bertz CT molecular complexity index is 1070. The van der Waals surface area contributed by atoms with Crippen molar-refractivity contribution >= 4 is 65.2 Å². The molecule has 1 rings (SSSR count). The molecule has 41 heavy (non-hydrogen) atoms. The molecule has 0 bridgehead atoms. The quantitative estimate of drug-likeness (QED) is 0.0998. The summed E-state index contributed by atoms with van der Waals surface area (Å²) >= 11 is 6.21. The van der Waals surface area contributed by atoms with E-state index in [1.807, 2.05) is 39.2 Å². The summed E-state index contributed by atoms with van der Waals surface area (Å²) in [5, 5.41) is 12.8. The lowest BCUT2D eigenvalue weighted by atomic mass is 9.90. The van der Waals surface area contributed by atoms with Gasteiger partial charge in [0.15, 0.2) is 14.1 Å². The minimum atomic E-state index is -1.74. The minimum absolute atomic E-state index is 0.0114. The van der Waals surface area contributed by atoms with E-state index in [-0.39, 0.29) is 21.6 Å². The number of carbonyl (C=O) groups excluding carboxylic acids is 1. The van der Waals surface area contributed by atoms with Crippen LogP contribution in [0.25, 0.3) is 6.08 Å². The maximum absolute atomic E-state index is 12.9. The molecule has 1 heterocycles. The Balaban J connectivity index is 3.04. The number of alkyl halides is 1. The number of thioether (sulfide) groups is 1. The fourth-order valence-corrected chi connectivity index (χ4v) is 8.25. The SMILES string of the molecule is CC(=CC[C@@H](C(C)=Cc1csc(C)n1)C(SC(C)(C)C(=O)C(C)Br)C(=O)O)CCC[C@H](C)CO[Si](C)(C)C(C)(C)C. The van der Waals surface area contributed by atoms with Crippen LogP contribution in [0.5, 0.6) is 0 Å². The van der Waals surface area contributed by atoms with Crippen LogP contribution in [-0.4, -0.2) is 51.6 Å². The topological polar surface area (TPSA) is 76.5 Å². The van der Waals surface area contributed by atoms with Gasteiger partial charge in [-0.25, -0.2) is 4.98 Å². The highest BCUT2D eigenvalue weighted by Gasteiger charge is 2.40. The molecule has 0 spiro atoms. The number of hydrogen-bond donors (Lipinski definition) is 1. The van der Waals surface area contributed by atoms with Crippen LogP contribution in [-0.2, 0) is 14.0 Å². The van der Waals surface area contributed by atoms with E-state index in [9.17, 15) is 14.7 Å². The number of hydrogen-bond acceptors (Lipinski definition) is 6. The number of carboxylic acid groups (broad SMARTS) is 1. The molecule has 2 unspecified atom stereocenters. The molecule has 4 atom stereocenters. The number of carboxylic acids is 1. The van der Waals surface area contributed by atoms with Crippen molar-refractivity contribution in [2.75, 3.05) is 6.61 Å². The van der Waals surface area contributed by atoms with Gasteiger partial charge in [0.1, 0.15) is 5.25 Å². The zero-order valence-electron chi connectivity index (χ0n) is 27.4. The highest BCUT2D eigenvalue weighted by atomic mass is 79.9. The number of allylic oxidation sites excluding steroid dienone is 3. The highest BCUT2D eigenvalue weighted by molar-refractivity contribution is 9.10. The van der Waals surface area contributed by atoms with E-state index < -0.39 is 24.3 Å². The van der Waals surface area contributed by atoms with Gasteiger partial charge in [-0.05, 0) is 97.4 Å². The van der Waals surface area contributed by atoms with Crippen LogP contribution in [0.3, 0.4) is 0 Å². The van der Waals surface area contributed by atoms with Crippen molar-refractivity contribution in [3.8, 4) is 0 Å². The summed E-state index contributed by atoms with van der Waals surface area (Å²) in [5.41, 5.74) is 3.08. The summed E-state index contributed by atoms with van der Waals surface area (Å²) < 4.78 is 5.57. The first-order valence-electron chi connectivity index (χ1n) is 14.7. The predicted octanol–water partition coefficient (Wildman–Crippen LogP) is 9.95. The van der Waals surface area contributed by atoms with Crippen molar-refractivity contribution in [2.24, 2.45) is 11.8 Å². The van der Waals surface area contributed by atoms with E-state index in [1.54, 1.807) is 18.3 Å². The Kier molecular flexibility index (Phi) is 15.3. The Morgan fingerprint density at radius 2 is 1.80 bits per heavy atom. The van der Waals surface area contributed by atoms with E-state index in [0.717, 1.165) is 42.1 Å². The lowest BCUT2D eigenvalue weighted by molar-refractivity contribution is -0.137. The average Bonchev–Trinajstić information content (AvgIpc) is 3.24. The number of aromatic nitrogens is 1. The molecule has 9 heteroatoms.